The van der Waals surface area contributed by atoms with Crippen LogP contribution in [0.15, 0.2) is 0 Å². The maximum absolute atomic E-state index is 10.7. The van der Waals surface area contributed by atoms with Crippen molar-refractivity contribution in [2.24, 2.45) is 11.8 Å². The van der Waals surface area contributed by atoms with E-state index in [1.165, 1.54) is 25.7 Å². The van der Waals surface area contributed by atoms with E-state index in [9.17, 15) is 5.11 Å². The number of aliphatic hydroxyl groups is 1. The Kier molecular flexibility index (Phi) is 3.91. The van der Waals surface area contributed by atoms with Crippen molar-refractivity contribution in [1.82, 2.24) is 0 Å². The van der Waals surface area contributed by atoms with Gasteiger partial charge in [0.05, 0.1) is 11.7 Å². The molecule has 4 atom stereocenters. The van der Waals surface area contributed by atoms with E-state index in [0.29, 0.717) is 17.9 Å². The standard InChI is InChI=1S/C14H26O2/c1-11-5-6-12(2)14(15,10-11)8-7-13-4-3-9-16-13/h11-13,15H,3-10H2,1-2H3. The van der Waals surface area contributed by atoms with Crippen molar-refractivity contribution in [3.8, 4) is 0 Å². The van der Waals surface area contributed by atoms with Crippen LogP contribution >= 0.6 is 0 Å². The predicted molar refractivity (Wildman–Crippen MR) is 65.3 cm³/mol. The first-order valence-electron chi connectivity index (χ1n) is 6.94. The molecule has 1 heterocycles. The molecular formula is C14H26O2. The van der Waals surface area contributed by atoms with Crippen LogP contribution in [0.1, 0.15) is 58.8 Å². The van der Waals surface area contributed by atoms with Gasteiger partial charge in [0.25, 0.3) is 0 Å². The first-order valence-corrected chi connectivity index (χ1v) is 6.94. The summed E-state index contributed by atoms with van der Waals surface area (Å²) in [4.78, 5) is 0. The molecule has 1 N–H and O–H groups in total. The number of hydrogen-bond donors (Lipinski definition) is 1. The second-order valence-corrected chi connectivity index (χ2v) is 6.06. The third-order valence-corrected chi connectivity index (χ3v) is 4.63. The molecule has 0 aromatic heterocycles. The van der Waals surface area contributed by atoms with E-state index < -0.39 is 5.60 Å². The molecule has 0 aromatic rings. The Labute approximate surface area is 99.4 Å². The summed E-state index contributed by atoms with van der Waals surface area (Å²) >= 11 is 0. The highest BCUT2D eigenvalue weighted by molar-refractivity contribution is 4.90. The summed E-state index contributed by atoms with van der Waals surface area (Å²) in [6, 6.07) is 0. The van der Waals surface area contributed by atoms with E-state index in [4.69, 9.17) is 4.74 Å². The zero-order valence-electron chi connectivity index (χ0n) is 10.7. The van der Waals surface area contributed by atoms with E-state index in [1.807, 2.05) is 0 Å². The molecule has 1 saturated heterocycles. The lowest BCUT2D eigenvalue weighted by Crippen LogP contribution is -2.42. The lowest BCUT2D eigenvalue weighted by Gasteiger charge is -2.41. The fourth-order valence-electron chi connectivity index (χ4n) is 3.34. The normalized spacial score (nSPS) is 44.8. The molecule has 2 heteroatoms. The molecule has 2 nitrogen and oxygen atoms in total. The second-order valence-electron chi connectivity index (χ2n) is 6.06. The Hall–Kier alpha value is -0.0800. The van der Waals surface area contributed by atoms with Crippen LogP contribution in [0, 0.1) is 11.8 Å². The maximum Gasteiger partial charge on any atom is 0.0676 e. The molecule has 4 unspecified atom stereocenters. The zero-order valence-corrected chi connectivity index (χ0v) is 10.7. The number of hydrogen-bond acceptors (Lipinski definition) is 2. The van der Waals surface area contributed by atoms with Gasteiger partial charge in [0.1, 0.15) is 0 Å². The van der Waals surface area contributed by atoms with Crippen LogP contribution in [0.4, 0.5) is 0 Å². The summed E-state index contributed by atoms with van der Waals surface area (Å²) in [5, 5.41) is 10.7. The Morgan fingerprint density at radius 3 is 2.75 bits per heavy atom. The van der Waals surface area contributed by atoms with Crippen LogP contribution in [-0.4, -0.2) is 23.4 Å². The van der Waals surface area contributed by atoms with Crippen molar-refractivity contribution in [3.05, 3.63) is 0 Å². The van der Waals surface area contributed by atoms with E-state index in [1.54, 1.807) is 0 Å². The molecule has 0 radical (unpaired) electrons. The van der Waals surface area contributed by atoms with Crippen LogP contribution in [0.5, 0.6) is 0 Å². The summed E-state index contributed by atoms with van der Waals surface area (Å²) < 4.78 is 5.64. The minimum absolute atomic E-state index is 0.413. The Balaban J connectivity index is 1.84. The van der Waals surface area contributed by atoms with Gasteiger partial charge < -0.3 is 9.84 Å². The number of ether oxygens (including phenoxy) is 1. The van der Waals surface area contributed by atoms with Gasteiger partial charge in [-0.15, -0.1) is 0 Å². The summed E-state index contributed by atoms with van der Waals surface area (Å²) in [5.41, 5.74) is -0.413. The highest BCUT2D eigenvalue weighted by atomic mass is 16.5. The molecule has 2 aliphatic rings. The van der Waals surface area contributed by atoms with Crippen LogP contribution in [-0.2, 0) is 4.74 Å². The quantitative estimate of drug-likeness (QED) is 0.801. The lowest BCUT2D eigenvalue weighted by atomic mass is 9.70. The Morgan fingerprint density at radius 1 is 1.25 bits per heavy atom. The molecular weight excluding hydrogens is 200 g/mol. The van der Waals surface area contributed by atoms with Gasteiger partial charge in [0.15, 0.2) is 0 Å². The van der Waals surface area contributed by atoms with Crippen molar-refractivity contribution in [1.29, 1.82) is 0 Å². The maximum atomic E-state index is 10.7. The van der Waals surface area contributed by atoms with Crippen LogP contribution in [0.2, 0.25) is 0 Å². The van der Waals surface area contributed by atoms with Gasteiger partial charge >= 0.3 is 0 Å². The fourth-order valence-corrected chi connectivity index (χ4v) is 3.34. The number of rotatable bonds is 3. The topological polar surface area (TPSA) is 29.5 Å². The molecule has 1 aliphatic carbocycles. The highest BCUT2D eigenvalue weighted by Gasteiger charge is 2.38. The molecule has 16 heavy (non-hydrogen) atoms. The van der Waals surface area contributed by atoms with Gasteiger partial charge in [-0.3, -0.25) is 0 Å². The zero-order chi connectivity index (χ0) is 11.6. The summed E-state index contributed by atoms with van der Waals surface area (Å²) in [7, 11) is 0. The van der Waals surface area contributed by atoms with Crippen molar-refractivity contribution < 1.29 is 9.84 Å². The molecule has 2 rings (SSSR count). The van der Waals surface area contributed by atoms with Crippen molar-refractivity contribution in [2.75, 3.05) is 6.61 Å². The predicted octanol–water partition coefficient (Wildman–Crippen LogP) is 3.13. The molecule has 1 saturated carbocycles. The molecule has 0 spiro atoms. The van der Waals surface area contributed by atoms with Crippen LogP contribution < -0.4 is 0 Å². The van der Waals surface area contributed by atoms with E-state index in [0.717, 1.165) is 25.9 Å². The highest BCUT2D eigenvalue weighted by Crippen LogP contribution is 2.40. The van der Waals surface area contributed by atoms with Gasteiger partial charge in [0, 0.05) is 6.61 Å². The van der Waals surface area contributed by atoms with E-state index in [2.05, 4.69) is 13.8 Å². The second kappa shape index (κ2) is 5.05. The smallest absolute Gasteiger partial charge is 0.0676 e. The summed E-state index contributed by atoms with van der Waals surface area (Å²) in [6.07, 6.45) is 8.26. The molecule has 94 valence electrons. The van der Waals surface area contributed by atoms with Gasteiger partial charge in [-0.1, -0.05) is 20.3 Å². The van der Waals surface area contributed by atoms with Gasteiger partial charge in [0.2, 0.25) is 0 Å². The molecule has 0 aromatic carbocycles. The fraction of sp³-hybridized carbons (Fsp3) is 1.00. The molecule has 0 amide bonds. The first-order chi connectivity index (χ1) is 7.60. The third kappa shape index (κ3) is 2.78. The molecule has 1 aliphatic heterocycles. The third-order valence-electron chi connectivity index (χ3n) is 4.63. The first kappa shape index (κ1) is 12.4. The van der Waals surface area contributed by atoms with Crippen molar-refractivity contribution >= 4 is 0 Å². The Morgan fingerprint density at radius 2 is 2.06 bits per heavy atom. The average molecular weight is 226 g/mol. The SMILES string of the molecule is CC1CCC(C)C(O)(CCC2CCCO2)C1. The Bertz CT molecular complexity index is 223. The monoisotopic (exact) mass is 226 g/mol. The van der Waals surface area contributed by atoms with Gasteiger partial charge in [-0.25, -0.2) is 0 Å². The summed E-state index contributed by atoms with van der Waals surface area (Å²) in [6.45, 7) is 5.40. The van der Waals surface area contributed by atoms with E-state index >= 15 is 0 Å². The molecule has 0 bridgehead atoms. The average Bonchev–Trinajstić information content (AvgIpc) is 2.74. The molecule has 2 fully saturated rings. The largest absolute Gasteiger partial charge is 0.390 e. The minimum atomic E-state index is -0.413. The van der Waals surface area contributed by atoms with Crippen molar-refractivity contribution in [3.63, 3.8) is 0 Å². The van der Waals surface area contributed by atoms with Gasteiger partial charge in [-0.2, -0.15) is 0 Å². The van der Waals surface area contributed by atoms with Gasteiger partial charge in [-0.05, 0) is 50.4 Å². The van der Waals surface area contributed by atoms with Crippen LogP contribution in [0.25, 0.3) is 0 Å². The van der Waals surface area contributed by atoms with Crippen molar-refractivity contribution in [2.45, 2.75) is 70.5 Å². The lowest BCUT2D eigenvalue weighted by molar-refractivity contribution is -0.0713. The van der Waals surface area contributed by atoms with E-state index in [-0.39, 0.29) is 0 Å². The van der Waals surface area contributed by atoms with Crippen LogP contribution in [0.3, 0.4) is 0 Å². The summed E-state index contributed by atoms with van der Waals surface area (Å²) in [5.74, 6) is 1.15. The minimum Gasteiger partial charge on any atom is -0.390 e.